The Hall–Kier alpha value is -3.26. The molecule has 1 N–H and O–H groups in total. The minimum atomic E-state index is -2.00. The first-order valence-corrected chi connectivity index (χ1v) is 7.75. The number of rotatable bonds is 5. The van der Waals surface area contributed by atoms with E-state index in [1.165, 1.54) is 31.2 Å². The summed E-state index contributed by atoms with van der Waals surface area (Å²) < 4.78 is 4.91. The van der Waals surface area contributed by atoms with Gasteiger partial charge in [-0.1, -0.05) is 18.2 Å². The van der Waals surface area contributed by atoms with E-state index >= 15 is 0 Å². The van der Waals surface area contributed by atoms with E-state index in [0.29, 0.717) is 11.3 Å². The molecule has 1 amide bonds. The van der Waals surface area contributed by atoms with Gasteiger partial charge in [0, 0.05) is 24.2 Å². The van der Waals surface area contributed by atoms with E-state index in [1.807, 2.05) is 0 Å². The molecular formula is C18H16N2O6. The molecule has 3 rings (SSSR count). The number of methoxy groups -OCH3 is 1. The summed E-state index contributed by atoms with van der Waals surface area (Å²) in [7, 11) is 2.80. The number of hydrogen-bond donors (Lipinski definition) is 1. The van der Waals surface area contributed by atoms with Crippen LogP contribution in [0.25, 0.3) is 0 Å². The molecule has 0 radical (unpaired) electrons. The second-order valence-electron chi connectivity index (χ2n) is 5.99. The summed E-state index contributed by atoms with van der Waals surface area (Å²) >= 11 is 0. The first kappa shape index (κ1) is 17.6. The van der Waals surface area contributed by atoms with Gasteiger partial charge in [-0.15, -0.1) is 0 Å². The lowest BCUT2D eigenvalue weighted by Crippen LogP contribution is -2.40. The highest BCUT2D eigenvalue weighted by Gasteiger charge is 2.49. The van der Waals surface area contributed by atoms with Crippen LogP contribution < -0.4 is 9.64 Å². The van der Waals surface area contributed by atoms with Gasteiger partial charge >= 0.3 is 5.69 Å². The Morgan fingerprint density at radius 1 is 1.31 bits per heavy atom. The van der Waals surface area contributed by atoms with Crippen LogP contribution in [0.2, 0.25) is 0 Å². The molecule has 8 nitrogen and oxygen atoms in total. The van der Waals surface area contributed by atoms with E-state index in [2.05, 4.69) is 0 Å². The van der Waals surface area contributed by atoms with Crippen molar-refractivity contribution in [2.45, 2.75) is 12.0 Å². The smallest absolute Gasteiger partial charge is 0.311 e. The zero-order valence-electron chi connectivity index (χ0n) is 14.1. The second-order valence-corrected chi connectivity index (χ2v) is 5.99. The molecule has 8 heteroatoms. The van der Waals surface area contributed by atoms with Crippen molar-refractivity contribution in [2.75, 3.05) is 19.1 Å². The van der Waals surface area contributed by atoms with Gasteiger partial charge in [0.2, 0.25) is 0 Å². The highest BCUT2D eigenvalue weighted by molar-refractivity contribution is 6.10. The van der Waals surface area contributed by atoms with Crippen LogP contribution in [0.4, 0.5) is 11.4 Å². The zero-order valence-corrected chi connectivity index (χ0v) is 14.1. The molecule has 0 spiro atoms. The van der Waals surface area contributed by atoms with Crippen LogP contribution in [0.1, 0.15) is 22.3 Å². The Kier molecular flexibility index (Phi) is 4.21. The molecule has 0 bridgehead atoms. The third-order valence-electron chi connectivity index (χ3n) is 4.48. The number of anilines is 1. The predicted octanol–water partition coefficient (Wildman–Crippen LogP) is 2.04. The number of ether oxygens (including phenoxy) is 1. The number of hydrogen-bond acceptors (Lipinski definition) is 6. The summed E-state index contributed by atoms with van der Waals surface area (Å²) in [6, 6.07) is 10.4. The molecule has 1 heterocycles. The molecule has 1 aliphatic rings. The lowest BCUT2D eigenvalue weighted by atomic mass is 9.88. The molecule has 0 saturated carbocycles. The molecular weight excluding hydrogens is 340 g/mol. The second kappa shape index (κ2) is 6.23. The summed E-state index contributed by atoms with van der Waals surface area (Å²) in [6.07, 6.45) is -0.517. The van der Waals surface area contributed by atoms with Gasteiger partial charge in [0.25, 0.3) is 5.91 Å². The highest BCUT2D eigenvalue weighted by Crippen LogP contribution is 2.42. The van der Waals surface area contributed by atoms with E-state index < -0.39 is 28.6 Å². The van der Waals surface area contributed by atoms with Crippen molar-refractivity contribution in [1.29, 1.82) is 0 Å². The minimum absolute atomic E-state index is 0.0192. The van der Waals surface area contributed by atoms with Gasteiger partial charge in [0.05, 0.1) is 24.1 Å². The number of nitro benzene ring substituents is 1. The van der Waals surface area contributed by atoms with E-state index in [0.717, 1.165) is 6.07 Å². The SMILES string of the molecule is COc1ccc(C(=O)C[C@]2(O)C(=O)N(C)c3ccccc32)cc1[N+](=O)[O-]. The maximum atomic E-state index is 12.6. The molecule has 2 aromatic rings. The highest BCUT2D eigenvalue weighted by atomic mass is 16.6. The van der Waals surface area contributed by atoms with Gasteiger partial charge in [0.15, 0.2) is 17.1 Å². The first-order chi connectivity index (χ1) is 12.3. The van der Waals surface area contributed by atoms with Crippen molar-refractivity contribution >= 4 is 23.1 Å². The fourth-order valence-corrected chi connectivity index (χ4v) is 3.13. The number of nitro groups is 1. The van der Waals surface area contributed by atoms with Crippen LogP contribution in [0, 0.1) is 10.1 Å². The zero-order chi connectivity index (χ0) is 19.1. The van der Waals surface area contributed by atoms with E-state index in [4.69, 9.17) is 4.74 Å². The van der Waals surface area contributed by atoms with Crippen molar-refractivity contribution in [3.63, 3.8) is 0 Å². The Morgan fingerprint density at radius 2 is 2.00 bits per heavy atom. The summed E-state index contributed by atoms with van der Waals surface area (Å²) in [5.74, 6) is -1.18. The number of fused-ring (bicyclic) bond motifs is 1. The molecule has 0 aliphatic carbocycles. The fourth-order valence-electron chi connectivity index (χ4n) is 3.13. The van der Waals surface area contributed by atoms with Crippen LogP contribution in [-0.2, 0) is 10.4 Å². The third kappa shape index (κ3) is 2.60. The molecule has 1 aliphatic heterocycles. The first-order valence-electron chi connectivity index (χ1n) is 7.75. The molecule has 134 valence electrons. The molecule has 0 aromatic heterocycles. The van der Waals surface area contributed by atoms with E-state index in [-0.39, 0.29) is 17.0 Å². The number of nitrogens with zero attached hydrogens (tertiary/aromatic N) is 2. The van der Waals surface area contributed by atoms with E-state index in [1.54, 1.807) is 24.3 Å². The van der Waals surface area contributed by atoms with Gasteiger partial charge in [0.1, 0.15) is 0 Å². The number of para-hydroxylation sites is 1. The van der Waals surface area contributed by atoms with Gasteiger partial charge < -0.3 is 14.7 Å². The van der Waals surface area contributed by atoms with Crippen LogP contribution in [0.5, 0.6) is 5.75 Å². The summed E-state index contributed by atoms with van der Waals surface area (Å²) in [6.45, 7) is 0. The molecule has 0 fully saturated rings. The Bertz CT molecular complexity index is 926. The number of ketones is 1. The Balaban J connectivity index is 1.97. The third-order valence-corrected chi connectivity index (χ3v) is 4.48. The van der Waals surface area contributed by atoms with Crippen LogP contribution in [0.3, 0.4) is 0 Å². The van der Waals surface area contributed by atoms with Gasteiger partial charge in [-0.2, -0.15) is 0 Å². The quantitative estimate of drug-likeness (QED) is 0.499. The van der Waals surface area contributed by atoms with Crippen molar-refractivity contribution in [3.8, 4) is 5.75 Å². The number of Topliss-reactive ketones (excluding diaryl/α,β-unsaturated/α-hetero) is 1. The van der Waals surface area contributed by atoms with Crippen LogP contribution >= 0.6 is 0 Å². The number of benzene rings is 2. The molecule has 26 heavy (non-hydrogen) atoms. The van der Waals surface area contributed by atoms with Gasteiger partial charge in [-0.05, 0) is 18.2 Å². The lowest BCUT2D eigenvalue weighted by molar-refractivity contribution is -0.385. The normalized spacial score (nSPS) is 18.6. The van der Waals surface area contributed by atoms with Crippen LogP contribution in [-0.4, -0.2) is 35.9 Å². The number of aliphatic hydroxyl groups is 1. The van der Waals surface area contributed by atoms with Crippen molar-refractivity contribution in [1.82, 2.24) is 0 Å². The summed E-state index contributed by atoms with van der Waals surface area (Å²) in [5, 5.41) is 22.0. The topological polar surface area (TPSA) is 110 Å². The number of likely N-dealkylation sites (N-methyl/N-ethyl adjacent to an activating group) is 1. The molecule has 0 saturated heterocycles. The molecule has 0 unspecified atom stereocenters. The van der Waals surface area contributed by atoms with Gasteiger partial charge in [-0.25, -0.2) is 0 Å². The minimum Gasteiger partial charge on any atom is -0.490 e. The average molecular weight is 356 g/mol. The summed E-state index contributed by atoms with van der Waals surface area (Å²) in [4.78, 5) is 36.9. The van der Waals surface area contributed by atoms with Crippen molar-refractivity contribution < 1.29 is 24.4 Å². The monoisotopic (exact) mass is 356 g/mol. The van der Waals surface area contributed by atoms with Crippen molar-refractivity contribution in [2.24, 2.45) is 0 Å². The van der Waals surface area contributed by atoms with E-state index in [9.17, 15) is 24.8 Å². The summed E-state index contributed by atoms with van der Waals surface area (Å²) in [5.41, 5.74) is -1.49. The maximum absolute atomic E-state index is 12.6. The number of amides is 1. The Labute approximate surface area is 148 Å². The van der Waals surface area contributed by atoms with Crippen LogP contribution in [0.15, 0.2) is 42.5 Å². The lowest BCUT2D eigenvalue weighted by Gasteiger charge is -2.21. The standard InChI is InChI=1S/C18H16N2O6/c1-19-13-6-4-3-5-12(13)18(23,17(19)22)10-15(21)11-7-8-16(26-2)14(9-11)20(24)25/h3-9,23H,10H2,1-2H3/t18-/m1/s1. The molecule has 1 atom stereocenters. The fraction of sp³-hybridized carbons (Fsp3) is 0.222. The largest absolute Gasteiger partial charge is 0.490 e. The van der Waals surface area contributed by atoms with Gasteiger partial charge in [-0.3, -0.25) is 19.7 Å². The predicted molar refractivity (Wildman–Crippen MR) is 92.3 cm³/mol. The maximum Gasteiger partial charge on any atom is 0.311 e. The molecule has 2 aromatic carbocycles. The number of carbonyl (C=O) groups excluding carboxylic acids is 2. The average Bonchev–Trinajstić information content (AvgIpc) is 2.83. The Morgan fingerprint density at radius 3 is 2.65 bits per heavy atom. The van der Waals surface area contributed by atoms with Crippen molar-refractivity contribution in [3.05, 3.63) is 63.7 Å². The number of carbonyl (C=O) groups is 2.